The number of hydrogen-bond acceptors (Lipinski definition) is 3. The molecular weight excluding hydrogens is 483 g/mol. The highest BCUT2D eigenvalue weighted by atomic mass is 35.5. The zero-order valence-electron chi connectivity index (χ0n) is 17.9. The van der Waals surface area contributed by atoms with Gasteiger partial charge in [-0.2, -0.15) is 0 Å². The van der Waals surface area contributed by atoms with Crippen molar-refractivity contribution in [2.24, 2.45) is 0 Å². The van der Waals surface area contributed by atoms with Crippen LogP contribution in [0.3, 0.4) is 0 Å². The van der Waals surface area contributed by atoms with Gasteiger partial charge in [0.15, 0.2) is 6.61 Å². The van der Waals surface area contributed by atoms with Crippen LogP contribution in [0.2, 0.25) is 15.1 Å². The van der Waals surface area contributed by atoms with Crippen molar-refractivity contribution in [1.82, 2.24) is 10.2 Å². The van der Waals surface area contributed by atoms with Crippen LogP contribution in [0, 0.1) is 0 Å². The predicted molar refractivity (Wildman–Crippen MR) is 132 cm³/mol. The number of nitrogens with one attached hydrogen (secondary N) is 1. The molecular formula is C25H23Cl3N2O3. The Morgan fingerprint density at radius 1 is 0.909 bits per heavy atom. The second-order valence-corrected chi connectivity index (χ2v) is 8.54. The molecule has 0 radical (unpaired) electrons. The van der Waals surface area contributed by atoms with Crippen LogP contribution in [-0.2, 0) is 22.6 Å². The van der Waals surface area contributed by atoms with Gasteiger partial charge in [-0.1, -0.05) is 71.2 Å². The zero-order valence-corrected chi connectivity index (χ0v) is 20.2. The Bertz CT molecular complexity index is 1070. The monoisotopic (exact) mass is 504 g/mol. The van der Waals surface area contributed by atoms with Crippen molar-refractivity contribution >= 4 is 46.6 Å². The minimum Gasteiger partial charge on any atom is -0.484 e. The molecule has 0 fully saturated rings. The number of carbonyl (C=O) groups is 2. The molecule has 3 aromatic carbocycles. The van der Waals surface area contributed by atoms with Crippen molar-refractivity contribution in [2.45, 2.75) is 19.0 Å². The summed E-state index contributed by atoms with van der Waals surface area (Å²) in [6, 6.07) is 20.5. The molecule has 1 atom stereocenters. The molecule has 33 heavy (non-hydrogen) atoms. The first-order chi connectivity index (χ1) is 15.9. The van der Waals surface area contributed by atoms with Gasteiger partial charge in [0, 0.05) is 40.6 Å². The highest BCUT2D eigenvalue weighted by molar-refractivity contribution is 6.36. The fourth-order valence-electron chi connectivity index (χ4n) is 3.33. The van der Waals surface area contributed by atoms with E-state index in [0.717, 1.165) is 5.56 Å². The van der Waals surface area contributed by atoms with Gasteiger partial charge in [0.1, 0.15) is 11.8 Å². The Balaban J connectivity index is 1.91. The Morgan fingerprint density at radius 2 is 1.55 bits per heavy atom. The third kappa shape index (κ3) is 6.87. The van der Waals surface area contributed by atoms with E-state index >= 15 is 0 Å². The second-order valence-electron chi connectivity index (χ2n) is 7.28. The SMILES string of the molecule is CNC(=O)[C@@H](Cc1ccccc1)N(Cc1c(Cl)cccc1Cl)C(=O)COc1ccc(Cl)cc1. The van der Waals surface area contributed by atoms with Crippen LogP contribution in [0.25, 0.3) is 0 Å². The molecule has 0 saturated heterocycles. The van der Waals surface area contributed by atoms with Crippen LogP contribution in [0.1, 0.15) is 11.1 Å². The Labute approximate surface area is 208 Å². The van der Waals surface area contributed by atoms with Crippen molar-refractivity contribution < 1.29 is 14.3 Å². The van der Waals surface area contributed by atoms with Crippen LogP contribution in [0.15, 0.2) is 72.8 Å². The summed E-state index contributed by atoms with van der Waals surface area (Å²) in [5.74, 6) is -0.199. The molecule has 8 heteroatoms. The van der Waals surface area contributed by atoms with E-state index in [-0.39, 0.29) is 25.0 Å². The quantitative estimate of drug-likeness (QED) is 0.423. The maximum absolute atomic E-state index is 13.4. The normalized spacial score (nSPS) is 11.5. The van der Waals surface area contributed by atoms with E-state index in [1.54, 1.807) is 42.5 Å². The van der Waals surface area contributed by atoms with E-state index in [1.807, 2.05) is 30.3 Å². The molecule has 0 aliphatic heterocycles. The molecule has 0 heterocycles. The second kappa shape index (κ2) is 11.9. The molecule has 1 N–H and O–H groups in total. The minimum absolute atomic E-state index is 0.0479. The first-order valence-corrected chi connectivity index (χ1v) is 11.4. The summed E-state index contributed by atoms with van der Waals surface area (Å²) in [4.78, 5) is 27.7. The average Bonchev–Trinajstić information content (AvgIpc) is 2.82. The number of rotatable bonds is 9. The van der Waals surface area contributed by atoms with E-state index in [4.69, 9.17) is 39.5 Å². The van der Waals surface area contributed by atoms with Crippen LogP contribution in [-0.4, -0.2) is 36.4 Å². The number of amides is 2. The van der Waals surface area contributed by atoms with E-state index in [1.165, 1.54) is 11.9 Å². The number of ether oxygens (including phenoxy) is 1. The average molecular weight is 506 g/mol. The van der Waals surface area contributed by atoms with E-state index in [2.05, 4.69) is 5.32 Å². The van der Waals surface area contributed by atoms with Crippen LogP contribution < -0.4 is 10.1 Å². The third-order valence-corrected chi connectivity index (χ3v) is 6.04. The van der Waals surface area contributed by atoms with Gasteiger partial charge in [0.05, 0.1) is 0 Å². The van der Waals surface area contributed by atoms with Gasteiger partial charge in [-0.05, 0) is 42.0 Å². The molecule has 0 spiro atoms. The van der Waals surface area contributed by atoms with Crippen molar-refractivity contribution in [1.29, 1.82) is 0 Å². The molecule has 172 valence electrons. The molecule has 5 nitrogen and oxygen atoms in total. The minimum atomic E-state index is -0.800. The van der Waals surface area contributed by atoms with Gasteiger partial charge in [0.25, 0.3) is 5.91 Å². The molecule has 0 aliphatic rings. The fraction of sp³-hybridized carbons (Fsp3) is 0.200. The largest absolute Gasteiger partial charge is 0.484 e. The summed E-state index contributed by atoms with van der Waals surface area (Å²) in [6.07, 6.45) is 0.315. The number of benzene rings is 3. The summed E-state index contributed by atoms with van der Waals surface area (Å²) >= 11 is 18.7. The van der Waals surface area contributed by atoms with Gasteiger partial charge in [-0.15, -0.1) is 0 Å². The number of hydrogen-bond donors (Lipinski definition) is 1. The number of likely N-dealkylation sites (N-methyl/N-ethyl adjacent to an activating group) is 1. The van der Waals surface area contributed by atoms with E-state index in [0.29, 0.717) is 32.8 Å². The Kier molecular flexibility index (Phi) is 9.01. The lowest BCUT2D eigenvalue weighted by Crippen LogP contribution is -2.51. The summed E-state index contributed by atoms with van der Waals surface area (Å²) in [5, 5.41) is 4.05. The summed E-state index contributed by atoms with van der Waals surface area (Å²) in [5.41, 5.74) is 1.47. The van der Waals surface area contributed by atoms with E-state index < -0.39 is 6.04 Å². The van der Waals surface area contributed by atoms with Crippen molar-refractivity contribution in [2.75, 3.05) is 13.7 Å². The lowest BCUT2D eigenvalue weighted by molar-refractivity contribution is -0.142. The zero-order chi connectivity index (χ0) is 23.8. The van der Waals surface area contributed by atoms with Crippen molar-refractivity contribution in [3.05, 3.63) is 99.0 Å². The standard InChI is InChI=1S/C25H23Cl3N2O3/c1-29-25(32)23(14-17-6-3-2-4-7-17)30(15-20-21(27)8-5-9-22(20)28)24(31)16-33-19-12-10-18(26)11-13-19/h2-13,23H,14-16H2,1H3,(H,29,32)/t23-/m1/s1. The molecule has 0 aliphatic carbocycles. The Hall–Kier alpha value is -2.73. The van der Waals surface area contributed by atoms with Gasteiger partial charge in [-0.3, -0.25) is 9.59 Å². The van der Waals surface area contributed by atoms with Crippen molar-refractivity contribution in [3.63, 3.8) is 0 Å². The molecule has 0 unspecified atom stereocenters. The number of halogens is 3. The molecule has 0 saturated carbocycles. The smallest absolute Gasteiger partial charge is 0.261 e. The summed E-state index contributed by atoms with van der Waals surface area (Å²) < 4.78 is 5.67. The van der Waals surface area contributed by atoms with Crippen LogP contribution >= 0.6 is 34.8 Å². The number of nitrogens with zero attached hydrogens (tertiary/aromatic N) is 1. The molecule has 3 aromatic rings. The highest BCUT2D eigenvalue weighted by Gasteiger charge is 2.31. The van der Waals surface area contributed by atoms with E-state index in [9.17, 15) is 9.59 Å². The third-order valence-electron chi connectivity index (χ3n) is 5.08. The van der Waals surface area contributed by atoms with Crippen LogP contribution in [0.4, 0.5) is 0 Å². The fourth-order valence-corrected chi connectivity index (χ4v) is 3.98. The number of carbonyl (C=O) groups excluding carboxylic acids is 2. The lowest BCUT2D eigenvalue weighted by Gasteiger charge is -2.31. The first-order valence-electron chi connectivity index (χ1n) is 10.2. The van der Waals surface area contributed by atoms with Crippen LogP contribution in [0.5, 0.6) is 5.75 Å². The highest BCUT2D eigenvalue weighted by Crippen LogP contribution is 2.27. The topological polar surface area (TPSA) is 58.6 Å². The predicted octanol–water partition coefficient (Wildman–Crippen LogP) is 5.41. The van der Waals surface area contributed by atoms with Gasteiger partial charge >= 0.3 is 0 Å². The van der Waals surface area contributed by atoms with Gasteiger partial charge in [0.2, 0.25) is 5.91 Å². The molecule has 2 amide bonds. The molecule has 0 aromatic heterocycles. The molecule has 3 rings (SSSR count). The summed E-state index contributed by atoms with van der Waals surface area (Å²) in [6.45, 7) is -0.224. The van der Waals surface area contributed by atoms with Gasteiger partial charge in [-0.25, -0.2) is 0 Å². The molecule has 0 bridgehead atoms. The Morgan fingerprint density at radius 3 is 2.15 bits per heavy atom. The first kappa shape index (κ1) is 24.9. The maximum Gasteiger partial charge on any atom is 0.261 e. The van der Waals surface area contributed by atoms with Crippen molar-refractivity contribution in [3.8, 4) is 5.75 Å². The summed E-state index contributed by atoms with van der Waals surface area (Å²) in [7, 11) is 1.54. The van der Waals surface area contributed by atoms with Gasteiger partial charge < -0.3 is 15.0 Å². The maximum atomic E-state index is 13.4. The lowest BCUT2D eigenvalue weighted by atomic mass is 10.0.